The first-order valence-corrected chi connectivity index (χ1v) is 10.3. The van der Waals surface area contributed by atoms with Crippen molar-refractivity contribution in [3.05, 3.63) is 73.3 Å². The highest BCUT2D eigenvalue weighted by Gasteiger charge is 2.50. The summed E-state index contributed by atoms with van der Waals surface area (Å²) in [6.07, 6.45) is 1.78. The molecule has 0 saturated heterocycles. The lowest BCUT2D eigenvalue weighted by molar-refractivity contribution is 0.184. The minimum Gasteiger partial charge on any atom is -0.407 e. The van der Waals surface area contributed by atoms with Gasteiger partial charge < -0.3 is 9.53 Å². The van der Waals surface area contributed by atoms with Gasteiger partial charge in [0.2, 0.25) is 0 Å². The molecule has 1 atom stereocenters. The van der Waals surface area contributed by atoms with Crippen molar-refractivity contribution >= 4 is 18.7 Å². The van der Waals surface area contributed by atoms with E-state index in [1.807, 2.05) is 12.1 Å². The van der Waals surface area contributed by atoms with Gasteiger partial charge in [0, 0.05) is 12.5 Å². The maximum atomic E-state index is 9.53. The molecule has 0 aliphatic heterocycles. The van der Waals surface area contributed by atoms with Crippen LogP contribution < -0.4 is 10.4 Å². The Kier molecular flexibility index (Phi) is 6.16. The SMILES string of the molecule is C=C[C@@H](CO)CO[Si](c1ccccc1)(c1ccccc1)C(C)(C)C. The van der Waals surface area contributed by atoms with E-state index in [1.165, 1.54) is 10.4 Å². The lowest BCUT2D eigenvalue weighted by Crippen LogP contribution is -2.66. The topological polar surface area (TPSA) is 29.5 Å². The zero-order valence-corrected chi connectivity index (χ0v) is 15.9. The van der Waals surface area contributed by atoms with Crippen LogP contribution in [0.2, 0.25) is 5.04 Å². The molecule has 0 bridgehead atoms. The molecule has 2 rings (SSSR count). The molecular formula is C21H28O2Si. The Labute approximate surface area is 146 Å². The summed E-state index contributed by atoms with van der Waals surface area (Å²) in [5, 5.41) is 12.0. The molecule has 2 aromatic rings. The number of benzene rings is 2. The Morgan fingerprint density at radius 3 is 1.79 bits per heavy atom. The summed E-state index contributed by atoms with van der Waals surface area (Å²) >= 11 is 0. The molecule has 24 heavy (non-hydrogen) atoms. The maximum absolute atomic E-state index is 9.53. The molecule has 0 radical (unpaired) electrons. The molecule has 0 saturated carbocycles. The average molecular weight is 341 g/mol. The van der Waals surface area contributed by atoms with Gasteiger partial charge in [0.1, 0.15) is 0 Å². The molecule has 0 unspecified atom stereocenters. The Balaban J connectivity index is 2.59. The number of hydrogen-bond donors (Lipinski definition) is 1. The molecule has 0 aromatic heterocycles. The first-order valence-electron chi connectivity index (χ1n) is 8.44. The van der Waals surface area contributed by atoms with Crippen molar-refractivity contribution in [3.8, 4) is 0 Å². The Morgan fingerprint density at radius 2 is 1.46 bits per heavy atom. The molecule has 0 spiro atoms. The Bertz CT molecular complexity index is 592. The minimum atomic E-state index is -2.50. The average Bonchev–Trinajstić information content (AvgIpc) is 2.59. The molecule has 2 nitrogen and oxygen atoms in total. The predicted molar refractivity (Wildman–Crippen MR) is 104 cm³/mol. The zero-order valence-electron chi connectivity index (χ0n) is 14.9. The molecule has 0 amide bonds. The fraction of sp³-hybridized carbons (Fsp3) is 0.333. The van der Waals surface area contributed by atoms with Crippen molar-refractivity contribution in [2.75, 3.05) is 13.2 Å². The molecule has 2 aromatic carbocycles. The highest BCUT2D eigenvalue weighted by atomic mass is 28.4. The van der Waals surface area contributed by atoms with Crippen molar-refractivity contribution in [1.82, 2.24) is 0 Å². The van der Waals surface area contributed by atoms with E-state index in [9.17, 15) is 5.11 Å². The standard InChI is InChI=1S/C21H28O2Si/c1-5-18(16-22)17-23-24(21(2,3)4,19-12-8-6-9-13-19)20-14-10-7-11-15-20/h5-15,18,22H,1,16-17H2,2-4H3/t18-/m0/s1. The first kappa shape index (κ1) is 18.7. The highest BCUT2D eigenvalue weighted by Crippen LogP contribution is 2.37. The van der Waals surface area contributed by atoms with Gasteiger partial charge in [-0.2, -0.15) is 0 Å². The lowest BCUT2D eigenvalue weighted by Gasteiger charge is -2.43. The second kappa shape index (κ2) is 7.93. The summed E-state index contributed by atoms with van der Waals surface area (Å²) in [7, 11) is -2.50. The summed E-state index contributed by atoms with van der Waals surface area (Å²) in [6.45, 7) is 11.1. The van der Waals surface area contributed by atoms with E-state index in [-0.39, 0.29) is 17.6 Å². The van der Waals surface area contributed by atoms with E-state index < -0.39 is 8.32 Å². The monoisotopic (exact) mass is 340 g/mol. The molecule has 1 N–H and O–H groups in total. The predicted octanol–water partition coefficient (Wildman–Crippen LogP) is 3.36. The summed E-state index contributed by atoms with van der Waals surface area (Å²) in [5.74, 6) is -0.0494. The van der Waals surface area contributed by atoms with Crippen molar-refractivity contribution in [1.29, 1.82) is 0 Å². The molecule has 0 fully saturated rings. The second-order valence-electron chi connectivity index (χ2n) is 7.15. The quantitative estimate of drug-likeness (QED) is 0.619. The van der Waals surface area contributed by atoms with Crippen LogP contribution in [0.25, 0.3) is 0 Å². The van der Waals surface area contributed by atoms with Gasteiger partial charge in [-0.15, -0.1) is 6.58 Å². The smallest absolute Gasteiger partial charge is 0.261 e. The van der Waals surface area contributed by atoms with Crippen molar-refractivity contribution in [2.24, 2.45) is 5.92 Å². The van der Waals surface area contributed by atoms with Gasteiger partial charge in [0.15, 0.2) is 0 Å². The van der Waals surface area contributed by atoms with E-state index in [1.54, 1.807) is 6.08 Å². The van der Waals surface area contributed by atoms with Gasteiger partial charge in [0.05, 0.1) is 6.61 Å². The zero-order chi connectivity index (χ0) is 17.6. The molecule has 128 valence electrons. The van der Waals surface area contributed by atoms with E-state index in [0.717, 1.165) is 0 Å². The summed E-state index contributed by atoms with van der Waals surface area (Å²) < 4.78 is 6.72. The molecule has 0 aliphatic rings. The van der Waals surface area contributed by atoms with Crippen LogP contribution in [0, 0.1) is 5.92 Å². The van der Waals surface area contributed by atoms with Crippen LogP contribution in [-0.4, -0.2) is 26.6 Å². The van der Waals surface area contributed by atoms with Crippen molar-refractivity contribution in [2.45, 2.75) is 25.8 Å². The van der Waals surface area contributed by atoms with E-state index in [2.05, 4.69) is 75.9 Å². The van der Waals surface area contributed by atoms with Gasteiger partial charge in [-0.05, 0) is 15.4 Å². The van der Waals surface area contributed by atoms with Crippen molar-refractivity contribution < 1.29 is 9.53 Å². The molecule has 3 heteroatoms. The Morgan fingerprint density at radius 1 is 1.00 bits per heavy atom. The van der Waals surface area contributed by atoms with Crippen LogP contribution in [0.1, 0.15) is 20.8 Å². The number of rotatable bonds is 7. The van der Waals surface area contributed by atoms with Crippen LogP contribution in [-0.2, 0) is 4.43 Å². The van der Waals surface area contributed by atoms with Gasteiger partial charge >= 0.3 is 0 Å². The highest BCUT2D eigenvalue weighted by molar-refractivity contribution is 6.99. The van der Waals surface area contributed by atoms with Gasteiger partial charge in [-0.3, -0.25) is 0 Å². The van der Waals surface area contributed by atoms with Gasteiger partial charge in [0.25, 0.3) is 8.32 Å². The van der Waals surface area contributed by atoms with Gasteiger partial charge in [-0.1, -0.05) is 87.5 Å². The summed E-state index contributed by atoms with van der Waals surface area (Å²) in [5.41, 5.74) is 0. The molecule has 0 heterocycles. The fourth-order valence-corrected chi connectivity index (χ4v) is 7.81. The lowest BCUT2D eigenvalue weighted by atomic mass is 10.2. The van der Waals surface area contributed by atoms with Gasteiger partial charge in [-0.25, -0.2) is 0 Å². The third-order valence-electron chi connectivity index (χ3n) is 4.50. The maximum Gasteiger partial charge on any atom is 0.261 e. The third-order valence-corrected chi connectivity index (χ3v) is 9.50. The minimum absolute atomic E-state index is 0.0448. The number of hydrogen-bond acceptors (Lipinski definition) is 2. The number of aliphatic hydroxyl groups is 1. The Hall–Kier alpha value is -1.68. The fourth-order valence-electron chi connectivity index (χ4n) is 3.19. The number of aliphatic hydroxyl groups excluding tert-OH is 1. The van der Waals surface area contributed by atoms with Crippen LogP contribution in [0.4, 0.5) is 0 Å². The van der Waals surface area contributed by atoms with E-state index in [4.69, 9.17) is 4.43 Å². The molecular weight excluding hydrogens is 312 g/mol. The van der Waals surface area contributed by atoms with E-state index in [0.29, 0.717) is 6.61 Å². The van der Waals surface area contributed by atoms with Crippen LogP contribution in [0.3, 0.4) is 0 Å². The second-order valence-corrected chi connectivity index (χ2v) is 11.5. The van der Waals surface area contributed by atoms with Crippen LogP contribution >= 0.6 is 0 Å². The third kappa shape index (κ3) is 3.69. The van der Waals surface area contributed by atoms with Crippen molar-refractivity contribution in [3.63, 3.8) is 0 Å². The largest absolute Gasteiger partial charge is 0.407 e. The normalized spacial score (nSPS) is 13.5. The van der Waals surface area contributed by atoms with Crippen LogP contribution in [0.5, 0.6) is 0 Å². The van der Waals surface area contributed by atoms with Crippen LogP contribution in [0.15, 0.2) is 73.3 Å². The molecule has 0 aliphatic carbocycles. The summed E-state index contributed by atoms with van der Waals surface area (Å²) in [6, 6.07) is 21.1. The summed E-state index contributed by atoms with van der Waals surface area (Å²) in [4.78, 5) is 0. The first-order chi connectivity index (χ1) is 11.5. The van der Waals surface area contributed by atoms with E-state index >= 15 is 0 Å².